The van der Waals surface area contributed by atoms with Gasteiger partial charge in [-0.3, -0.25) is 4.98 Å². The molecule has 0 aliphatic carbocycles. The Morgan fingerprint density at radius 2 is 2.00 bits per heavy atom. The molecule has 15 heavy (non-hydrogen) atoms. The van der Waals surface area contributed by atoms with Gasteiger partial charge in [0, 0.05) is 12.2 Å². The van der Waals surface area contributed by atoms with E-state index in [0.717, 1.165) is 29.6 Å². The molecule has 3 heteroatoms. The van der Waals surface area contributed by atoms with Crippen molar-refractivity contribution in [3.05, 3.63) is 36.2 Å². The molecule has 1 aromatic heterocycles. The molecule has 2 rings (SSSR count). The highest BCUT2D eigenvalue weighted by Gasteiger charge is 2.00. The Labute approximate surface area is 89.4 Å². The van der Waals surface area contributed by atoms with Crippen molar-refractivity contribution in [1.82, 2.24) is 9.97 Å². The number of para-hydroxylation sites is 2. The van der Waals surface area contributed by atoms with Gasteiger partial charge in [-0.15, -0.1) is 0 Å². The third-order valence-electron chi connectivity index (χ3n) is 2.35. The molecular formula is C12H15N3. The summed E-state index contributed by atoms with van der Waals surface area (Å²) in [4.78, 5) is 8.88. The molecule has 0 spiro atoms. The van der Waals surface area contributed by atoms with Crippen LogP contribution < -0.4 is 5.73 Å². The fourth-order valence-electron chi connectivity index (χ4n) is 1.49. The summed E-state index contributed by atoms with van der Waals surface area (Å²) in [7, 11) is 0. The molecule has 0 saturated carbocycles. The molecular weight excluding hydrogens is 186 g/mol. The van der Waals surface area contributed by atoms with Gasteiger partial charge in [0.15, 0.2) is 0 Å². The van der Waals surface area contributed by atoms with Gasteiger partial charge in [-0.05, 0) is 31.9 Å². The van der Waals surface area contributed by atoms with Crippen LogP contribution in [0.5, 0.6) is 0 Å². The second kappa shape index (κ2) is 4.36. The van der Waals surface area contributed by atoms with Crippen molar-refractivity contribution in [2.45, 2.75) is 25.8 Å². The highest BCUT2D eigenvalue weighted by molar-refractivity contribution is 5.73. The number of benzene rings is 1. The van der Waals surface area contributed by atoms with Crippen LogP contribution in [-0.2, 0) is 6.42 Å². The molecule has 0 aliphatic rings. The number of hydrogen-bond donors (Lipinski definition) is 1. The van der Waals surface area contributed by atoms with Gasteiger partial charge in [-0.25, -0.2) is 4.98 Å². The molecule has 1 unspecified atom stereocenters. The van der Waals surface area contributed by atoms with Gasteiger partial charge in [0.05, 0.1) is 16.7 Å². The van der Waals surface area contributed by atoms with Crippen LogP contribution in [0.4, 0.5) is 0 Å². The van der Waals surface area contributed by atoms with E-state index in [-0.39, 0.29) is 6.04 Å². The van der Waals surface area contributed by atoms with Crippen molar-refractivity contribution < 1.29 is 0 Å². The first-order chi connectivity index (χ1) is 7.25. The SMILES string of the molecule is CC(N)CCc1cnc2ccccc2n1. The van der Waals surface area contributed by atoms with Crippen molar-refractivity contribution in [2.75, 3.05) is 0 Å². The molecule has 0 bridgehead atoms. The van der Waals surface area contributed by atoms with E-state index in [1.54, 1.807) is 0 Å². The number of nitrogens with zero attached hydrogens (tertiary/aromatic N) is 2. The van der Waals surface area contributed by atoms with Crippen LogP contribution in [0, 0.1) is 0 Å². The van der Waals surface area contributed by atoms with E-state index in [4.69, 9.17) is 5.73 Å². The average molecular weight is 201 g/mol. The Morgan fingerprint density at radius 1 is 1.27 bits per heavy atom. The maximum absolute atomic E-state index is 5.70. The summed E-state index contributed by atoms with van der Waals surface area (Å²) in [5.41, 5.74) is 8.63. The van der Waals surface area contributed by atoms with E-state index >= 15 is 0 Å². The highest BCUT2D eigenvalue weighted by Crippen LogP contribution is 2.09. The van der Waals surface area contributed by atoms with Crippen LogP contribution in [0.1, 0.15) is 19.0 Å². The van der Waals surface area contributed by atoms with Crippen molar-refractivity contribution in [3.8, 4) is 0 Å². The summed E-state index contributed by atoms with van der Waals surface area (Å²) in [6, 6.07) is 8.12. The Bertz CT molecular complexity index is 451. The minimum Gasteiger partial charge on any atom is -0.328 e. The van der Waals surface area contributed by atoms with Gasteiger partial charge in [0.2, 0.25) is 0 Å². The first-order valence-electron chi connectivity index (χ1n) is 5.22. The third-order valence-corrected chi connectivity index (χ3v) is 2.35. The standard InChI is InChI=1S/C12H15N3/c1-9(13)6-7-10-8-14-11-4-2-3-5-12(11)15-10/h2-5,8-9H,6-7,13H2,1H3. The van der Waals surface area contributed by atoms with Crippen molar-refractivity contribution in [1.29, 1.82) is 0 Å². The third kappa shape index (κ3) is 2.50. The molecule has 0 saturated heterocycles. The summed E-state index contributed by atoms with van der Waals surface area (Å²) < 4.78 is 0. The minimum absolute atomic E-state index is 0.221. The number of aryl methyl sites for hydroxylation is 1. The maximum Gasteiger partial charge on any atom is 0.0890 e. The van der Waals surface area contributed by atoms with Crippen LogP contribution in [0.2, 0.25) is 0 Å². The number of rotatable bonds is 3. The van der Waals surface area contributed by atoms with Gasteiger partial charge in [0.25, 0.3) is 0 Å². The zero-order chi connectivity index (χ0) is 10.7. The van der Waals surface area contributed by atoms with E-state index in [1.807, 2.05) is 37.4 Å². The van der Waals surface area contributed by atoms with Gasteiger partial charge in [-0.2, -0.15) is 0 Å². The van der Waals surface area contributed by atoms with Crippen molar-refractivity contribution in [3.63, 3.8) is 0 Å². The van der Waals surface area contributed by atoms with Gasteiger partial charge >= 0.3 is 0 Å². The fraction of sp³-hybridized carbons (Fsp3) is 0.333. The van der Waals surface area contributed by atoms with Gasteiger partial charge < -0.3 is 5.73 Å². The Kier molecular flexibility index (Phi) is 2.92. The first-order valence-corrected chi connectivity index (χ1v) is 5.22. The molecule has 0 radical (unpaired) electrons. The number of nitrogens with two attached hydrogens (primary N) is 1. The predicted molar refractivity (Wildman–Crippen MR) is 61.5 cm³/mol. The van der Waals surface area contributed by atoms with Crippen LogP contribution in [-0.4, -0.2) is 16.0 Å². The summed E-state index contributed by atoms with van der Waals surface area (Å²) in [6.07, 6.45) is 3.69. The second-order valence-corrected chi connectivity index (χ2v) is 3.87. The first kappa shape index (κ1) is 10.1. The quantitative estimate of drug-likeness (QED) is 0.825. The lowest BCUT2D eigenvalue weighted by Crippen LogP contribution is -2.15. The number of fused-ring (bicyclic) bond motifs is 1. The molecule has 0 aliphatic heterocycles. The van der Waals surface area contributed by atoms with Crippen molar-refractivity contribution in [2.24, 2.45) is 5.73 Å². The lowest BCUT2D eigenvalue weighted by molar-refractivity contribution is 0.658. The second-order valence-electron chi connectivity index (χ2n) is 3.87. The number of hydrogen-bond acceptors (Lipinski definition) is 3. The van der Waals surface area contributed by atoms with Gasteiger partial charge in [-0.1, -0.05) is 12.1 Å². The fourth-order valence-corrected chi connectivity index (χ4v) is 1.49. The molecule has 3 nitrogen and oxygen atoms in total. The topological polar surface area (TPSA) is 51.8 Å². The summed E-state index contributed by atoms with van der Waals surface area (Å²) >= 11 is 0. The predicted octanol–water partition coefficient (Wildman–Crippen LogP) is 1.91. The van der Waals surface area contributed by atoms with E-state index < -0.39 is 0 Å². The Hall–Kier alpha value is -1.48. The molecule has 0 fully saturated rings. The molecule has 1 heterocycles. The zero-order valence-electron chi connectivity index (χ0n) is 8.85. The molecule has 2 N–H and O–H groups in total. The minimum atomic E-state index is 0.221. The lowest BCUT2D eigenvalue weighted by Gasteiger charge is -2.04. The van der Waals surface area contributed by atoms with E-state index in [0.29, 0.717) is 0 Å². The van der Waals surface area contributed by atoms with Crippen LogP contribution in [0.3, 0.4) is 0 Å². The zero-order valence-corrected chi connectivity index (χ0v) is 8.85. The summed E-state index contributed by atoms with van der Waals surface area (Å²) in [5, 5.41) is 0. The Balaban J connectivity index is 2.23. The molecule has 1 atom stereocenters. The van der Waals surface area contributed by atoms with Gasteiger partial charge in [0.1, 0.15) is 0 Å². The van der Waals surface area contributed by atoms with E-state index in [1.165, 1.54) is 0 Å². The summed E-state index contributed by atoms with van der Waals surface area (Å²) in [5.74, 6) is 0. The number of aromatic nitrogens is 2. The van der Waals surface area contributed by atoms with Crippen LogP contribution in [0.25, 0.3) is 11.0 Å². The normalized spacial score (nSPS) is 12.9. The van der Waals surface area contributed by atoms with E-state index in [2.05, 4.69) is 9.97 Å². The van der Waals surface area contributed by atoms with Crippen molar-refractivity contribution >= 4 is 11.0 Å². The molecule has 2 aromatic rings. The average Bonchev–Trinajstić information content (AvgIpc) is 2.26. The summed E-state index contributed by atoms with van der Waals surface area (Å²) in [6.45, 7) is 2.01. The molecule has 78 valence electrons. The lowest BCUT2D eigenvalue weighted by atomic mass is 10.1. The Morgan fingerprint density at radius 3 is 2.73 bits per heavy atom. The highest BCUT2D eigenvalue weighted by atomic mass is 14.8. The largest absolute Gasteiger partial charge is 0.328 e. The molecule has 0 amide bonds. The maximum atomic E-state index is 5.70. The van der Waals surface area contributed by atoms with Crippen LogP contribution >= 0.6 is 0 Å². The monoisotopic (exact) mass is 201 g/mol. The molecule has 1 aromatic carbocycles. The smallest absolute Gasteiger partial charge is 0.0890 e. The van der Waals surface area contributed by atoms with E-state index in [9.17, 15) is 0 Å². The van der Waals surface area contributed by atoms with Crippen LogP contribution in [0.15, 0.2) is 30.5 Å².